The molecule has 0 aliphatic heterocycles. The summed E-state index contributed by atoms with van der Waals surface area (Å²) in [5.41, 5.74) is 1.67. The fourth-order valence-electron chi connectivity index (χ4n) is 2.99. The Morgan fingerprint density at radius 1 is 1.15 bits per heavy atom. The van der Waals surface area contributed by atoms with Crippen molar-refractivity contribution in [1.29, 1.82) is 0 Å². The van der Waals surface area contributed by atoms with Gasteiger partial charge in [0.2, 0.25) is 0 Å². The van der Waals surface area contributed by atoms with Gasteiger partial charge in [0.25, 0.3) is 0 Å². The minimum atomic E-state index is -0.351. The summed E-state index contributed by atoms with van der Waals surface area (Å²) in [5, 5.41) is 14.1. The van der Waals surface area contributed by atoms with E-state index in [1.165, 1.54) is 18.9 Å². The van der Waals surface area contributed by atoms with Gasteiger partial charge in [-0.05, 0) is 38.8 Å². The first-order valence-electron chi connectivity index (χ1n) is 8.87. The van der Waals surface area contributed by atoms with E-state index in [1.807, 2.05) is 19.9 Å². The fraction of sp³-hybridized carbons (Fsp3) is 0.316. The van der Waals surface area contributed by atoms with Gasteiger partial charge >= 0.3 is 0 Å². The monoisotopic (exact) mass is 386 g/mol. The van der Waals surface area contributed by atoms with Crippen molar-refractivity contribution in [3.05, 3.63) is 58.3 Å². The predicted molar refractivity (Wildman–Crippen MR) is 104 cm³/mol. The number of rotatable bonds is 6. The van der Waals surface area contributed by atoms with Crippen LogP contribution in [0.25, 0.3) is 0 Å². The highest BCUT2D eigenvalue weighted by Crippen LogP contribution is 2.39. The Hall–Kier alpha value is -2.67. The van der Waals surface area contributed by atoms with Crippen LogP contribution in [0, 0.1) is 12.7 Å². The average Bonchev–Trinajstić information content (AvgIpc) is 3.34. The number of H-pyrrole nitrogens is 1. The van der Waals surface area contributed by atoms with Crippen molar-refractivity contribution in [3.63, 3.8) is 0 Å². The maximum atomic E-state index is 14.1. The van der Waals surface area contributed by atoms with Gasteiger partial charge in [0.15, 0.2) is 5.82 Å². The fourth-order valence-corrected chi connectivity index (χ4v) is 3.15. The molecule has 0 radical (unpaired) electrons. The average molecular weight is 387 g/mol. The maximum Gasteiger partial charge on any atom is 0.153 e. The molecule has 0 spiro atoms. The lowest BCUT2D eigenvalue weighted by atomic mass is 10.1. The standard InChI is InChI=1S/C19H20ClFN6/c1-10(14-6-5-13(20)7-15(14)21)22-17-9-18(24-11(2)23-17)25-19-8-16(26-27-19)12-3-4-12/h5-10,12H,3-4H2,1-2H3,(H3,22,23,24,25,26,27). The second kappa shape index (κ2) is 7.15. The number of hydrogen-bond acceptors (Lipinski definition) is 5. The van der Waals surface area contributed by atoms with E-state index in [2.05, 4.69) is 30.8 Å². The van der Waals surface area contributed by atoms with E-state index < -0.39 is 0 Å². The normalized spacial score (nSPS) is 14.8. The zero-order chi connectivity index (χ0) is 19.0. The van der Waals surface area contributed by atoms with Crippen molar-refractivity contribution < 1.29 is 4.39 Å². The quantitative estimate of drug-likeness (QED) is 0.549. The lowest BCUT2D eigenvalue weighted by Crippen LogP contribution is -2.11. The van der Waals surface area contributed by atoms with Crippen LogP contribution in [0.1, 0.15) is 48.8 Å². The van der Waals surface area contributed by atoms with E-state index in [4.69, 9.17) is 11.6 Å². The van der Waals surface area contributed by atoms with Gasteiger partial charge < -0.3 is 10.6 Å². The van der Waals surface area contributed by atoms with Crippen LogP contribution in [0.5, 0.6) is 0 Å². The molecule has 1 saturated carbocycles. The molecule has 1 atom stereocenters. The zero-order valence-corrected chi connectivity index (χ0v) is 15.8. The first-order valence-corrected chi connectivity index (χ1v) is 9.25. The Balaban J connectivity index is 1.50. The van der Waals surface area contributed by atoms with E-state index in [0.29, 0.717) is 34.0 Å². The van der Waals surface area contributed by atoms with Crippen molar-refractivity contribution in [2.24, 2.45) is 0 Å². The van der Waals surface area contributed by atoms with Gasteiger partial charge in [-0.2, -0.15) is 5.10 Å². The van der Waals surface area contributed by atoms with Crippen molar-refractivity contribution >= 4 is 29.1 Å². The largest absolute Gasteiger partial charge is 0.363 e. The van der Waals surface area contributed by atoms with Crippen molar-refractivity contribution in [1.82, 2.24) is 20.2 Å². The SMILES string of the molecule is Cc1nc(Nc2cc(C3CC3)[nH]n2)cc(NC(C)c2ccc(Cl)cc2F)n1. The van der Waals surface area contributed by atoms with Crippen LogP contribution in [-0.2, 0) is 0 Å². The molecule has 1 aliphatic carbocycles. The van der Waals surface area contributed by atoms with Crippen molar-refractivity contribution in [2.75, 3.05) is 10.6 Å². The Morgan fingerprint density at radius 3 is 2.67 bits per heavy atom. The second-order valence-corrected chi connectivity index (χ2v) is 7.26. The highest BCUT2D eigenvalue weighted by molar-refractivity contribution is 6.30. The summed E-state index contributed by atoms with van der Waals surface area (Å²) in [5.74, 6) is 2.80. The first-order chi connectivity index (χ1) is 13.0. The molecule has 3 N–H and O–H groups in total. The molecule has 27 heavy (non-hydrogen) atoms. The van der Waals surface area contributed by atoms with Crippen LogP contribution in [0.2, 0.25) is 5.02 Å². The summed E-state index contributed by atoms with van der Waals surface area (Å²) in [7, 11) is 0. The third kappa shape index (κ3) is 4.19. The summed E-state index contributed by atoms with van der Waals surface area (Å²) < 4.78 is 14.1. The van der Waals surface area contributed by atoms with Crippen molar-refractivity contribution in [3.8, 4) is 0 Å². The number of hydrogen-bond donors (Lipinski definition) is 3. The van der Waals surface area contributed by atoms with Gasteiger partial charge in [-0.3, -0.25) is 5.10 Å². The Bertz CT molecular complexity index is 969. The van der Waals surface area contributed by atoms with E-state index in [-0.39, 0.29) is 11.9 Å². The molecule has 3 aromatic rings. The third-order valence-electron chi connectivity index (χ3n) is 4.50. The molecule has 1 aliphatic rings. The van der Waals surface area contributed by atoms with Gasteiger partial charge in [0.05, 0.1) is 6.04 Å². The van der Waals surface area contributed by atoms with Crippen LogP contribution in [0.3, 0.4) is 0 Å². The Kier molecular flexibility index (Phi) is 4.70. The van der Waals surface area contributed by atoms with Crippen LogP contribution >= 0.6 is 11.6 Å². The molecule has 2 heterocycles. The molecule has 1 unspecified atom stereocenters. The molecule has 140 valence electrons. The summed E-state index contributed by atoms with van der Waals surface area (Å²) in [6, 6.07) is 8.16. The number of aromatic amines is 1. The van der Waals surface area contributed by atoms with E-state index in [0.717, 1.165) is 11.5 Å². The minimum absolute atomic E-state index is 0.281. The second-order valence-electron chi connectivity index (χ2n) is 6.83. The molecule has 0 amide bonds. The van der Waals surface area contributed by atoms with E-state index >= 15 is 0 Å². The highest BCUT2D eigenvalue weighted by atomic mass is 35.5. The van der Waals surface area contributed by atoms with Gasteiger partial charge in [-0.15, -0.1) is 0 Å². The molecule has 1 fully saturated rings. The van der Waals surface area contributed by atoms with Gasteiger partial charge in [-0.1, -0.05) is 17.7 Å². The molecule has 6 nitrogen and oxygen atoms in total. The van der Waals surface area contributed by atoms with Crippen molar-refractivity contribution in [2.45, 2.75) is 38.6 Å². The summed E-state index contributed by atoms with van der Waals surface area (Å²) in [6.07, 6.45) is 2.42. The zero-order valence-electron chi connectivity index (χ0n) is 15.1. The number of aryl methyl sites for hydroxylation is 1. The number of aromatic nitrogens is 4. The first kappa shape index (κ1) is 17.7. The lowest BCUT2D eigenvalue weighted by Gasteiger charge is -2.17. The molecule has 0 bridgehead atoms. The minimum Gasteiger partial charge on any atom is -0.363 e. The van der Waals surface area contributed by atoms with Crippen LogP contribution in [0.4, 0.5) is 21.8 Å². The van der Waals surface area contributed by atoms with Crippen LogP contribution in [-0.4, -0.2) is 20.2 Å². The summed E-state index contributed by atoms with van der Waals surface area (Å²) >= 11 is 5.83. The van der Waals surface area contributed by atoms with Gasteiger partial charge in [0, 0.05) is 34.3 Å². The lowest BCUT2D eigenvalue weighted by molar-refractivity contribution is 0.600. The Labute approximate surface area is 161 Å². The number of benzene rings is 1. The van der Waals surface area contributed by atoms with Gasteiger partial charge in [-0.25, -0.2) is 14.4 Å². The number of nitrogens with zero attached hydrogens (tertiary/aromatic N) is 3. The third-order valence-corrected chi connectivity index (χ3v) is 4.74. The molecule has 1 aromatic carbocycles. The molecule has 4 rings (SSSR count). The molecule has 8 heteroatoms. The highest BCUT2D eigenvalue weighted by Gasteiger charge is 2.25. The molecular formula is C19H20ClFN6. The van der Waals surface area contributed by atoms with E-state index in [9.17, 15) is 4.39 Å². The Morgan fingerprint density at radius 2 is 1.93 bits per heavy atom. The molecular weight excluding hydrogens is 367 g/mol. The number of anilines is 3. The van der Waals surface area contributed by atoms with Crippen LogP contribution in [0.15, 0.2) is 30.3 Å². The van der Waals surface area contributed by atoms with E-state index in [1.54, 1.807) is 18.2 Å². The maximum absolute atomic E-state index is 14.1. The number of nitrogens with one attached hydrogen (secondary N) is 3. The predicted octanol–water partition coefficient (Wildman–Crippen LogP) is 5.09. The van der Waals surface area contributed by atoms with Crippen LogP contribution < -0.4 is 10.6 Å². The smallest absolute Gasteiger partial charge is 0.153 e. The molecule has 2 aromatic heterocycles. The molecule has 0 saturated heterocycles. The summed E-state index contributed by atoms with van der Waals surface area (Å²) in [4.78, 5) is 8.79. The summed E-state index contributed by atoms with van der Waals surface area (Å²) in [6.45, 7) is 3.68. The number of halogens is 2. The van der Waals surface area contributed by atoms with Gasteiger partial charge in [0.1, 0.15) is 23.3 Å². The topological polar surface area (TPSA) is 78.5 Å².